The second kappa shape index (κ2) is 7.67. The van der Waals surface area contributed by atoms with Crippen molar-refractivity contribution in [2.24, 2.45) is 0 Å². The summed E-state index contributed by atoms with van der Waals surface area (Å²) >= 11 is 0. The van der Waals surface area contributed by atoms with Gasteiger partial charge in [-0.25, -0.2) is 0 Å². The number of fused-ring (bicyclic) bond motifs is 4. The van der Waals surface area contributed by atoms with Crippen LogP contribution in [0.1, 0.15) is 0 Å². The van der Waals surface area contributed by atoms with Crippen LogP contribution in [0, 0.1) is 0 Å². The Balaban J connectivity index is 1.75. The average Bonchev–Trinajstić information content (AvgIpc) is 3.23. The lowest BCUT2D eigenvalue weighted by atomic mass is 9.76. The molecule has 0 saturated heterocycles. The van der Waals surface area contributed by atoms with Crippen molar-refractivity contribution in [3.05, 3.63) is 115 Å². The Hall–Kier alpha value is -4.18. The predicted molar refractivity (Wildman–Crippen MR) is 147 cm³/mol. The number of benzene rings is 6. The van der Waals surface area contributed by atoms with Crippen molar-refractivity contribution >= 4 is 34.1 Å². The molecule has 0 amide bonds. The van der Waals surface area contributed by atoms with Crippen LogP contribution in [-0.4, -0.2) is 17.2 Å². The second-order valence-corrected chi connectivity index (χ2v) is 9.08. The maximum Gasteiger partial charge on any atom is 0.489 e. The van der Waals surface area contributed by atoms with Gasteiger partial charge in [0.15, 0.2) is 0 Å². The topological polar surface area (TPSA) is 40.5 Å². The molecule has 7 rings (SSSR count). The minimum Gasteiger partial charge on any atom is -0.423 e. The summed E-state index contributed by atoms with van der Waals surface area (Å²) in [5.74, 6) is 0. The minimum absolute atomic E-state index is 0.533. The zero-order valence-corrected chi connectivity index (χ0v) is 18.9. The molecular formula is C32H21BO2. The van der Waals surface area contributed by atoms with Crippen molar-refractivity contribution in [1.82, 2.24) is 0 Å². The summed E-state index contributed by atoms with van der Waals surface area (Å²) in [6.07, 6.45) is 0. The first-order valence-electron chi connectivity index (χ1n) is 11.9. The van der Waals surface area contributed by atoms with Gasteiger partial charge in [-0.3, -0.25) is 0 Å². The van der Waals surface area contributed by atoms with Gasteiger partial charge in [0, 0.05) is 0 Å². The highest BCUT2D eigenvalue weighted by Crippen LogP contribution is 2.57. The van der Waals surface area contributed by atoms with E-state index >= 15 is 0 Å². The van der Waals surface area contributed by atoms with Gasteiger partial charge in [0.05, 0.1) is 0 Å². The highest BCUT2D eigenvalue weighted by atomic mass is 16.4. The summed E-state index contributed by atoms with van der Waals surface area (Å²) in [4.78, 5) is 0. The third-order valence-electron chi connectivity index (χ3n) is 7.23. The van der Waals surface area contributed by atoms with Crippen LogP contribution in [0.25, 0.3) is 66.1 Å². The van der Waals surface area contributed by atoms with E-state index in [2.05, 4.69) is 97.1 Å². The largest absolute Gasteiger partial charge is 0.489 e. The highest BCUT2D eigenvalue weighted by Gasteiger charge is 2.31. The van der Waals surface area contributed by atoms with Gasteiger partial charge >= 0.3 is 7.12 Å². The smallest absolute Gasteiger partial charge is 0.423 e. The van der Waals surface area contributed by atoms with Crippen LogP contribution in [-0.2, 0) is 0 Å². The van der Waals surface area contributed by atoms with Crippen molar-refractivity contribution < 1.29 is 10.0 Å². The fourth-order valence-corrected chi connectivity index (χ4v) is 5.86. The molecule has 6 aromatic rings. The molecule has 1 aliphatic rings. The standard InChI is InChI=1S/C32H21BO2/c34-33(35)27-19-18-26-30-24(27)16-9-17-25(30)31-28(20-10-3-1-4-11-20)22-14-7-8-15-23(22)29(32(26)31)21-12-5-2-6-13-21/h1-19,34-35H. The van der Waals surface area contributed by atoms with E-state index in [4.69, 9.17) is 0 Å². The van der Waals surface area contributed by atoms with E-state index in [-0.39, 0.29) is 0 Å². The fraction of sp³-hybridized carbons (Fsp3) is 0. The third-order valence-corrected chi connectivity index (χ3v) is 7.23. The van der Waals surface area contributed by atoms with Crippen molar-refractivity contribution in [2.45, 2.75) is 0 Å². The monoisotopic (exact) mass is 448 g/mol. The lowest BCUT2D eigenvalue weighted by Gasteiger charge is -2.20. The van der Waals surface area contributed by atoms with Gasteiger partial charge in [0.1, 0.15) is 0 Å². The van der Waals surface area contributed by atoms with E-state index < -0.39 is 7.12 Å². The molecular weight excluding hydrogens is 427 g/mol. The van der Waals surface area contributed by atoms with Crippen LogP contribution in [0.2, 0.25) is 0 Å². The Morgan fingerprint density at radius 3 is 1.43 bits per heavy atom. The van der Waals surface area contributed by atoms with Crippen molar-refractivity contribution in [3.8, 4) is 44.5 Å². The molecule has 0 saturated carbocycles. The molecule has 0 unspecified atom stereocenters. The van der Waals surface area contributed by atoms with Gasteiger partial charge in [-0.15, -0.1) is 0 Å². The molecule has 164 valence electrons. The van der Waals surface area contributed by atoms with Crippen molar-refractivity contribution in [3.63, 3.8) is 0 Å². The molecule has 0 radical (unpaired) electrons. The van der Waals surface area contributed by atoms with Gasteiger partial charge in [0.25, 0.3) is 0 Å². The Morgan fingerprint density at radius 2 is 0.886 bits per heavy atom. The van der Waals surface area contributed by atoms with Gasteiger partial charge in [-0.2, -0.15) is 0 Å². The molecule has 35 heavy (non-hydrogen) atoms. The maximum absolute atomic E-state index is 10.1. The molecule has 6 aromatic carbocycles. The fourth-order valence-electron chi connectivity index (χ4n) is 5.86. The van der Waals surface area contributed by atoms with Crippen molar-refractivity contribution in [2.75, 3.05) is 0 Å². The van der Waals surface area contributed by atoms with Gasteiger partial charge in [0.2, 0.25) is 0 Å². The molecule has 0 aliphatic heterocycles. The molecule has 0 heterocycles. The van der Waals surface area contributed by atoms with Crippen LogP contribution in [0.4, 0.5) is 0 Å². The van der Waals surface area contributed by atoms with Gasteiger partial charge < -0.3 is 10.0 Å². The Bertz CT molecular complexity index is 1660. The number of rotatable bonds is 3. The zero-order chi connectivity index (χ0) is 23.5. The first kappa shape index (κ1) is 20.2. The van der Waals surface area contributed by atoms with Gasteiger partial charge in [-0.1, -0.05) is 115 Å². The summed E-state index contributed by atoms with van der Waals surface area (Å²) in [7, 11) is -1.52. The second-order valence-electron chi connectivity index (χ2n) is 9.08. The van der Waals surface area contributed by atoms with E-state index in [1.807, 2.05) is 18.2 Å². The Labute approximate surface area is 203 Å². The summed E-state index contributed by atoms with van der Waals surface area (Å²) in [5, 5.41) is 24.6. The van der Waals surface area contributed by atoms with Gasteiger partial charge in [-0.05, 0) is 71.5 Å². The molecule has 3 heteroatoms. The lowest BCUT2D eigenvalue weighted by Crippen LogP contribution is -2.30. The predicted octanol–water partition coefficient (Wildman–Crippen LogP) is 6.65. The molecule has 0 spiro atoms. The number of hydrogen-bond donors (Lipinski definition) is 2. The van der Waals surface area contributed by atoms with E-state index in [1.165, 1.54) is 44.2 Å². The van der Waals surface area contributed by atoms with E-state index in [0.29, 0.717) is 5.46 Å². The first-order chi connectivity index (χ1) is 17.2. The zero-order valence-electron chi connectivity index (χ0n) is 18.9. The number of hydrogen-bond acceptors (Lipinski definition) is 2. The lowest BCUT2D eigenvalue weighted by molar-refractivity contribution is 0.426. The quantitative estimate of drug-likeness (QED) is 0.297. The summed E-state index contributed by atoms with van der Waals surface area (Å²) in [5.41, 5.74) is 9.99. The molecule has 0 aromatic heterocycles. The summed E-state index contributed by atoms with van der Waals surface area (Å²) in [6.45, 7) is 0. The highest BCUT2D eigenvalue weighted by molar-refractivity contribution is 6.62. The van der Waals surface area contributed by atoms with E-state index in [0.717, 1.165) is 21.9 Å². The van der Waals surface area contributed by atoms with Crippen LogP contribution in [0.5, 0.6) is 0 Å². The maximum atomic E-state index is 10.1. The molecule has 1 aliphatic carbocycles. The molecule has 0 fully saturated rings. The Morgan fingerprint density at radius 1 is 0.400 bits per heavy atom. The molecule has 0 bridgehead atoms. The van der Waals surface area contributed by atoms with E-state index in [9.17, 15) is 10.0 Å². The van der Waals surface area contributed by atoms with Crippen LogP contribution in [0.15, 0.2) is 115 Å². The SMILES string of the molecule is OB(O)c1ccc2c3c(cccc13)-c1c-2c(-c2ccccc2)c2ccccc2c1-c1ccccc1. The van der Waals surface area contributed by atoms with E-state index in [1.54, 1.807) is 0 Å². The molecule has 0 atom stereocenters. The molecule has 2 N–H and O–H groups in total. The first-order valence-corrected chi connectivity index (χ1v) is 11.9. The minimum atomic E-state index is -1.52. The normalized spacial score (nSPS) is 11.7. The van der Waals surface area contributed by atoms with Crippen LogP contribution < -0.4 is 5.46 Å². The van der Waals surface area contributed by atoms with Crippen molar-refractivity contribution in [1.29, 1.82) is 0 Å². The molecule has 2 nitrogen and oxygen atoms in total. The summed E-state index contributed by atoms with van der Waals surface area (Å²) < 4.78 is 0. The third kappa shape index (κ3) is 2.86. The van der Waals surface area contributed by atoms with Crippen LogP contribution in [0.3, 0.4) is 0 Å². The average molecular weight is 448 g/mol. The van der Waals surface area contributed by atoms with Crippen LogP contribution >= 0.6 is 0 Å². The summed E-state index contributed by atoms with van der Waals surface area (Å²) in [6, 6.07) is 39.9. The Kier molecular flexibility index (Phi) is 4.43.